The fourth-order valence-electron chi connectivity index (χ4n) is 2.05. The molecule has 0 aromatic carbocycles. The zero-order chi connectivity index (χ0) is 7.68. The number of hydrogen-bond donors (Lipinski definition) is 2. The van der Waals surface area contributed by atoms with Crippen molar-refractivity contribution < 1.29 is 4.79 Å². The van der Waals surface area contributed by atoms with Crippen molar-refractivity contribution in [2.24, 2.45) is 5.92 Å². The van der Waals surface area contributed by atoms with Crippen molar-refractivity contribution in [1.82, 2.24) is 10.6 Å². The predicted molar refractivity (Wildman–Crippen MR) is 42.1 cm³/mol. The molecule has 0 aromatic rings. The third-order valence-electron chi connectivity index (χ3n) is 2.68. The van der Waals surface area contributed by atoms with E-state index in [-0.39, 0.29) is 11.8 Å². The van der Waals surface area contributed by atoms with E-state index in [1.807, 2.05) is 0 Å². The summed E-state index contributed by atoms with van der Waals surface area (Å²) in [5.74, 6) is 0.523. The van der Waals surface area contributed by atoms with Crippen LogP contribution < -0.4 is 10.6 Å². The quantitative estimate of drug-likeness (QED) is 0.510. The molecule has 0 spiro atoms. The number of rotatable bonds is 0. The van der Waals surface area contributed by atoms with Gasteiger partial charge in [-0.3, -0.25) is 4.79 Å². The maximum Gasteiger partial charge on any atom is 0.224 e. The predicted octanol–water partition coefficient (Wildman–Crippen LogP) is -0.126. The second-order valence-electron chi connectivity index (χ2n) is 3.39. The van der Waals surface area contributed by atoms with E-state index in [0.717, 1.165) is 32.4 Å². The van der Waals surface area contributed by atoms with Crippen LogP contribution in [-0.4, -0.2) is 25.0 Å². The molecule has 2 saturated heterocycles. The van der Waals surface area contributed by atoms with E-state index in [9.17, 15) is 4.79 Å². The first-order chi connectivity index (χ1) is 5.38. The first-order valence-electron chi connectivity index (χ1n) is 4.39. The van der Waals surface area contributed by atoms with E-state index in [4.69, 9.17) is 0 Å². The highest BCUT2D eigenvalue weighted by Gasteiger charge is 2.33. The van der Waals surface area contributed by atoms with Crippen LogP contribution >= 0.6 is 0 Å². The van der Waals surface area contributed by atoms with Crippen molar-refractivity contribution in [3.05, 3.63) is 0 Å². The molecule has 2 heterocycles. The van der Waals surface area contributed by atoms with E-state index < -0.39 is 0 Å². The van der Waals surface area contributed by atoms with Crippen LogP contribution in [0.25, 0.3) is 0 Å². The Bertz CT molecular complexity index is 169. The minimum atomic E-state index is 0.262. The zero-order valence-corrected chi connectivity index (χ0v) is 6.60. The molecule has 0 radical (unpaired) electrons. The Labute approximate surface area is 66.5 Å². The third kappa shape index (κ3) is 1.25. The van der Waals surface area contributed by atoms with Gasteiger partial charge in [-0.05, 0) is 25.8 Å². The number of carbonyl (C=O) groups is 1. The first-order valence-corrected chi connectivity index (χ1v) is 4.39. The smallest absolute Gasteiger partial charge is 0.224 e. The molecule has 2 fully saturated rings. The van der Waals surface area contributed by atoms with Crippen LogP contribution in [0.5, 0.6) is 0 Å². The Kier molecular flexibility index (Phi) is 1.82. The number of nitrogens with one attached hydrogen (secondary N) is 2. The van der Waals surface area contributed by atoms with Gasteiger partial charge in [0.15, 0.2) is 0 Å². The summed E-state index contributed by atoms with van der Waals surface area (Å²) in [6, 6.07) is 0.470. The monoisotopic (exact) mass is 154 g/mol. The Morgan fingerprint density at radius 2 is 2.18 bits per heavy atom. The maximum absolute atomic E-state index is 11.3. The van der Waals surface area contributed by atoms with Crippen LogP contribution in [-0.2, 0) is 4.79 Å². The Morgan fingerprint density at radius 1 is 1.27 bits per heavy atom. The Balaban J connectivity index is 2.09. The molecule has 3 heteroatoms. The summed E-state index contributed by atoms with van der Waals surface area (Å²) in [7, 11) is 0. The molecule has 2 aliphatic rings. The highest BCUT2D eigenvalue weighted by Crippen LogP contribution is 2.21. The normalized spacial score (nSPS) is 37.6. The average molecular weight is 154 g/mol. The summed E-state index contributed by atoms with van der Waals surface area (Å²) >= 11 is 0. The third-order valence-corrected chi connectivity index (χ3v) is 2.68. The number of hydrogen-bond acceptors (Lipinski definition) is 2. The molecule has 1 amide bonds. The highest BCUT2D eigenvalue weighted by atomic mass is 16.1. The van der Waals surface area contributed by atoms with Gasteiger partial charge in [0.1, 0.15) is 0 Å². The molecule has 0 aliphatic carbocycles. The van der Waals surface area contributed by atoms with E-state index in [2.05, 4.69) is 10.6 Å². The molecule has 62 valence electrons. The van der Waals surface area contributed by atoms with Gasteiger partial charge in [0.2, 0.25) is 5.91 Å². The average Bonchev–Trinajstić information content (AvgIpc) is 2.40. The molecule has 11 heavy (non-hydrogen) atoms. The molecular weight excluding hydrogens is 140 g/mol. The Hall–Kier alpha value is -0.570. The summed E-state index contributed by atoms with van der Waals surface area (Å²) in [6.07, 6.45) is 3.31. The minimum Gasteiger partial charge on any atom is -0.356 e. The fourth-order valence-corrected chi connectivity index (χ4v) is 2.05. The van der Waals surface area contributed by atoms with Crippen LogP contribution in [0.15, 0.2) is 0 Å². The lowest BCUT2D eigenvalue weighted by molar-refractivity contribution is -0.124. The second-order valence-corrected chi connectivity index (χ2v) is 3.39. The van der Waals surface area contributed by atoms with Gasteiger partial charge in [-0.2, -0.15) is 0 Å². The first kappa shape index (κ1) is 7.10. The molecule has 0 bridgehead atoms. The molecule has 0 saturated carbocycles. The molecule has 2 N–H and O–H groups in total. The van der Waals surface area contributed by atoms with E-state index in [0.29, 0.717) is 6.04 Å². The largest absolute Gasteiger partial charge is 0.356 e. The molecular formula is C8H14N2O. The Morgan fingerprint density at radius 3 is 3.09 bits per heavy atom. The molecule has 2 unspecified atom stereocenters. The van der Waals surface area contributed by atoms with Crippen LogP contribution in [0.4, 0.5) is 0 Å². The van der Waals surface area contributed by atoms with E-state index in [1.165, 1.54) is 0 Å². The molecule has 3 nitrogen and oxygen atoms in total. The van der Waals surface area contributed by atoms with Crippen molar-refractivity contribution in [3.63, 3.8) is 0 Å². The van der Waals surface area contributed by atoms with Crippen molar-refractivity contribution >= 4 is 5.91 Å². The number of carbonyl (C=O) groups excluding carboxylic acids is 1. The molecule has 2 rings (SSSR count). The van der Waals surface area contributed by atoms with E-state index in [1.54, 1.807) is 0 Å². The summed E-state index contributed by atoms with van der Waals surface area (Å²) < 4.78 is 0. The van der Waals surface area contributed by atoms with Gasteiger partial charge >= 0.3 is 0 Å². The van der Waals surface area contributed by atoms with Gasteiger partial charge in [0.05, 0.1) is 5.92 Å². The van der Waals surface area contributed by atoms with Crippen LogP contribution in [0, 0.1) is 5.92 Å². The van der Waals surface area contributed by atoms with Crippen molar-refractivity contribution in [1.29, 1.82) is 0 Å². The lowest BCUT2D eigenvalue weighted by Gasteiger charge is -2.12. The highest BCUT2D eigenvalue weighted by molar-refractivity contribution is 5.80. The van der Waals surface area contributed by atoms with Crippen molar-refractivity contribution in [2.45, 2.75) is 25.3 Å². The lowest BCUT2D eigenvalue weighted by atomic mass is 9.98. The topological polar surface area (TPSA) is 41.1 Å². The van der Waals surface area contributed by atoms with Gasteiger partial charge < -0.3 is 10.6 Å². The molecule has 2 atom stereocenters. The standard InChI is InChI=1S/C8H14N2O/c11-8-6-3-5-9-7(6)2-1-4-10-8/h6-7,9H,1-5H2,(H,10,11). The lowest BCUT2D eigenvalue weighted by Crippen LogP contribution is -2.34. The van der Waals surface area contributed by atoms with Gasteiger partial charge in [-0.25, -0.2) is 0 Å². The van der Waals surface area contributed by atoms with Crippen LogP contribution in [0.2, 0.25) is 0 Å². The van der Waals surface area contributed by atoms with Crippen LogP contribution in [0.1, 0.15) is 19.3 Å². The SMILES string of the molecule is O=C1NCCCC2NCCC12. The van der Waals surface area contributed by atoms with Crippen molar-refractivity contribution in [2.75, 3.05) is 13.1 Å². The summed E-state index contributed by atoms with van der Waals surface area (Å²) in [6.45, 7) is 1.89. The summed E-state index contributed by atoms with van der Waals surface area (Å²) in [5.41, 5.74) is 0. The van der Waals surface area contributed by atoms with Gasteiger partial charge in [-0.15, -0.1) is 0 Å². The van der Waals surface area contributed by atoms with Gasteiger partial charge in [0.25, 0.3) is 0 Å². The van der Waals surface area contributed by atoms with Gasteiger partial charge in [0, 0.05) is 12.6 Å². The summed E-state index contributed by atoms with van der Waals surface area (Å²) in [5, 5.41) is 6.31. The summed E-state index contributed by atoms with van der Waals surface area (Å²) in [4.78, 5) is 11.3. The van der Waals surface area contributed by atoms with Crippen LogP contribution in [0.3, 0.4) is 0 Å². The second kappa shape index (κ2) is 2.81. The van der Waals surface area contributed by atoms with E-state index >= 15 is 0 Å². The maximum atomic E-state index is 11.3. The molecule has 2 aliphatic heterocycles. The zero-order valence-electron chi connectivity index (χ0n) is 6.60. The fraction of sp³-hybridized carbons (Fsp3) is 0.875. The minimum absolute atomic E-state index is 0.262. The number of amides is 1. The van der Waals surface area contributed by atoms with Crippen molar-refractivity contribution in [3.8, 4) is 0 Å². The van der Waals surface area contributed by atoms with Gasteiger partial charge in [-0.1, -0.05) is 0 Å². The number of fused-ring (bicyclic) bond motifs is 1. The molecule has 0 aromatic heterocycles.